The number of nitrogens with one attached hydrogen (secondary N) is 2. The van der Waals surface area contributed by atoms with Crippen LogP contribution in [0.2, 0.25) is 0 Å². The summed E-state index contributed by atoms with van der Waals surface area (Å²) in [5.41, 5.74) is 0. The van der Waals surface area contributed by atoms with E-state index in [0.29, 0.717) is 5.92 Å². The summed E-state index contributed by atoms with van der Waals surface area (Å²) in [6.45, 7) is 3.86. The minimum Gasteiger partial charge on any atom is -0.356 e. The maximum absolute atomic E-state index is 11.7. The molecular weight excluding hydrogens is 188 g/mol. The monoisotopic (exact) mass is 210 g/mol. The van der Waals surface area contributed by atoms with Crippen molar-refractivity contribution in [3.8, 4) is 0 Å². The Kier molecular flexibility index (Phi) is 5.40. The molecule has 3 heteroatoms. The summed E-state index contributed by atoms with van der Waals surface area (Å²) in [5, 5.41) is 6.13. The predicted molar refractivity (Wildman–Crippen MR) is 62.6 cm³/mol. The maximum atomic E-state index is 11.7. The second kappa shape index (κ2) is 6.62. The van der Waals surface area contributed by atoms with Crippen molar-refractivity contribution in [2.24, 2.45) is 11.8 Å². The molecular formula is C12H22N2O. The zero-order chi connectivity index (χ0) is 11.1. The van der Waals surface area contributed by atoms with Gasteiger partial charge in [0.25, 0.3) is 0 Å². The first-order valence-electron chi connectivity index (χ1n) is 5.81. The Morgan fingerprint density at radius 2 is 2.27 bits per heavy atom. The molecule has 0 aromatic carbocycles. The fraction of sp³-hybridized carbons (Fsp3) is 0.750. The summed E-state index contributed by atoms with van der Waals surface area (Å²) in [7, 11) is 1.93. The smallest absolute Gasteiger partial charge is 0.223 e. The fourth-order valence-corrected chi connectivity index (χ4v) is 1.87. The van der Waals surface area contributed by atoms with E-state index in [4.69, 9.17) is 0 Å². The Labute approximate surface area is 92.3 Å². The van der Waals surface area contributed by atoms with E-state index in [1.54, 1.807) is 0 Å². The lowest BCUT2D eigenvalue weighted by atomic mass is 9.93. The Morgan fingerprint density at radius 1 is 1.47 bits per heavy atom. The number of hydrogen-bond acceptors (Lipinski definition) is 2. The van der Waals surface area contributed by atoms with Crippen molar-refractivity contribution in [1.29, 1.82) is 0 Å². The second-order valence-corrected chi connectivity index (χ2v) is 4.39. The van der Waals surface area contributed by atoms with Crippen LogP contribution >= 0.6 is 0 Å². The van der Waals surface area contributed by atoms with Gasteiger partial charge in [-0.1, -0.05) is 19.1 Å². The van der Waals surface area contributed by atoms with Crippen LogP contribution < -0.4 is 10.6 Å². The summed E-state index contributed by atoms with van der Waals surface area (Å²) in [5.74, 6) is 0.928. The number of amides is 1. The molecule has 0 saturated carbocycles. The van der Waals surface area contributed by atoms with Crippen molar-refractivity contribution in [2.45, 2.75) is 26.2 Å². The van der Waals surface area contributed by atoms with Gasteiger partial charge in [-0.25, -0.2) is 0 Å². The normalized spacial score (nSPS) is 22.4. The molecule has 2 atom stereocenters. The molecule has 86 valence electrons. The number of carbonyl (C=O) groups is 1. The molecule has 0 saturated heterocycles. The first kappa shape index (κ1) is 12.2. The van der Waals surface area contributed by atoms with Crippen LogP contribution in [-0.4, -0.2) is 26.0 Å². The van der Waals surface area contributed by atoms with Crippen molar-refractivity contribution in [1.82, 2.24) is 10.6 Å². The van der Waals surface area contributed by atoms with Crippen LogP contribution in [0.4, 0.5) is 0 Å². The molecule has 0 bridgehead atoms. The highest BCUT2D eigenvalue weighted by Crippen LogP contribution is 2.17. The quantitative estimate of drug-likeness (QED) is 0.672. The van der Waals surface area contributed by atoms with Gasteiger partial charge in [0.05, 0.1) is 0 Å². The number of hydrogen-bond donors (Lipinski definition) is 2. The minimum atomic E-state index is 0.205. The van der Waals surface area contributed by atoms with E-state index in [1.807, 2.05) is 7.05 Å². The molecule has 2 N–H and O–H groups in total. The van der Waals surface area contributed by atoms with E-state index in [-0.39, 0.29) is 11.8 Å². The highest BCUT2D eigenvalue weighted by molar-refractivity contribution is 5.78. The van der Waals surface area contributed by atoms with E-state index in [2.05, 4.69) is 29.7 Å². The van der Waals surface area contributed by atoms with Gasteiger partial charge >= 0.3 is 0 Å². The third-order valence-electron chi connectivity index (χ3n) is 2.82. The van der Waals surface area contributed by atoms with Crippen LogP contribution in [0.25, 0.3) is 0 Å². The summed E-state index contributed by atoms with van der Waals surface area (Å²) in [6, 6.07) is 0. The van der Waals surface area contributed by atoms with Crippen molar-refractivity contribution < 1.29 is 4.79 Å². The van der Waals surface area contributed by atoms with Gasteiger partial charge < -0.3 is 10.6 Å². The molecule has 3 nitrogen and oxygen atoms in total. The average Bonchev–Trinajstić information content (AvgIpc) is 2.27. The Morgan fingerprint density at radius 3 is 2.87 bits per heavy atom. The Bertz CT molecular complexity index is 226. The number of carbonyl (C=O) groups excluding carboxylic acids is 1. The summed E-state index contributed by atoms with van der Waals surface area (Å²) >= 11 is 0. The highest BCUT2D eigenvalue weighted by atomic mass is 16.1. The molecule has 15 heavy (non-hydrogen) atoms. The predicted octanol–water partition coefficient (Wildman–Crippen LogP) is 1.31. The van der Waals surface area contributed by atoms with Gasteiger partial charge in [0.1, 0.15) is 0 Å². The fourth-order valence-electron chi connectivity index (χ4n) is 1.87. The molecule has 0 aliphatic heterocycles. The second-order valence-electron chi connectivity index (χ2n) is 4.39. The molecule has 0 radical (unpaired) electrons. The van der Waals surface area contributed by atoms with Crippen LogP contribution in [-0.2, 0) is 4.79 Å². The van der Waals surface area contributed by atoms with E-state index in [9.17, 15) is 4.79 Å². The summed E-state index contributed by atoms with van der Waals surface area (Å²) < 4.78 is 0. The minimum absolute atomic E-state index is 0.205. The topological polar surface area (TPSA) is 41.1 Å². The highest BCUT2D eigenvalue weighted by Gasteiger charge is 2.18. The lowest BCUT2D eigenvalue weighted by Crippen LogP contribution is -2.36. The van der Waals surface area contributed by atoms with Crippen molar-refractivity contribution in [3.63, 3.8) is 0 Å². The first-order valence-corrected chi connectivity index (χ1v) is 5.81. The van der Waals surface area contributed by atoms with E-state index in [0.717, 1.165) is 32.4 Å². The molecule has 0 heterocycles. The number of rotatable bonds is 5. The molecule has 0 aromatic rings. The first-order chi connectivity index (χ1) is 7.24. The molecule has 0 aromatic heterocycles. The van der Waals surface area contributed by atoms with Crippen molar-refractivity contribution in [3.05, 3.63) is 12.2 Å². The van der Waals surface area contributed by atoms with E-state index in [1.165, 1.54) is 0 Å². The summed E-state index contributed by atoms with van der Waals surface area (Å²) in [4.78, 5) is 11.7. The van der Waals surface area contributed by atoms with Gasteiger partial charge in [-0.15, -0.1) is 0 Å². The van der Waals surface area contributed by atoms with Gasteiger partial charge in [0, 0.05) is 12.5 Å². The molecule has 1 aliphatic carbocycles. The van der Waals surface area contributed by atoms with Gasteiger partial charge in [0.2, 0.25) is 5.91 Å². The van der Waals surface area contributed by atoms with Gasteiger partial charge in [-0.05, 0) is 38.8 Å². The zero-order valence-corrected chi connectivity index (χ0v) is 9.75. The van der Waals surface area contributed by atoms with E-state index >= 15 is 0 Å². The van der Waals surface area contributed by atoms with Crippen molar-refractivity contribution >= 4 is 5.91 Å². The zero-order valence-electron chi connectivity index (χ0n) is 9.75. The molecule has 1 rings (SSSR count). The van der Waals surface area contributed by atoms with Crippen molar-refractivity contribution in [2.75, 3.05) is 20.1 Å². The van der Waals surface area contributed by atoms with Crippen LogP contribution in [0.1, 0.15) is 26.2 Å². The SMILES string of the molecule is CNCC(C)CNC(=O)C1CC=CCC1. The number of allylic oxidation sites excluding steroid dienone is 2. The largest absolute Gasteiger partial charge is 0.356 e. The van der Waals surface area contributed by atoms with Crippen LogP contribution in [0.5, 0.6) is 0 Å². The average molecular weight is 210 g/mol. The molecule has 1 amide bonds. The maximum Gasteiger partial charge on any atom is 0.223 e. The lowest BCUT2D eigenvalue weighted by Gasteiger charge is -2.19. The Hall–Kier alpha value is -0.830. The molecule has 1 aliphatic rings. The lowest BCUT2D eigenvalue weighted by molar-refractivity contribution is -0.125. The molecule has 0 spiro atoms. The third kappa shape index (κ3) is 4.47. The Balaban J connectivity index is 2.20. The van der Waals surface area contributed by atoms with Gasteiger partial charge in [-0.2, -0.15) is 0 Å². The van der Waals surface area contributed by atoms with Crippen LogP contribution in [0, 0.1) is 11.8 Å². The standard InChI is InChI=1S/C12H22N2O/c1-10(8-13-2)9-14-12(15)11-6-4-3-5-7-11/h3-4,10-11,13H,5-9H2,1-2H3,(H,14,15). The molecule has 2 unspecified atom stereocenters. The van der Waals surface area contributed by atoms with Crippen LogP contribution in [0.15, 0.2) is 12.2 Å². The molecule has 0 fully saturated rings. The van der Waals surface area contributed by atoms with Crippen LogP contribution in [0.3, 0.4) is 0 Å². The van der Waals surface area contributed by atoms with Gasteiger partial charge in [0.15, 0.2) is 0 Å². The summed E-state index contributed by atoms with van der Waals surface area (Å²) in [6.07, 6.45) is 7.23. The third-order valence-corrected chi connectivity index (χ3v) is 2.82. The van der Waals surface area contributed by atoms with E-state index < -0.39 is 0 Å². The van der Waals surface area contributed by atoms with Gasteiger partial charge in [-0.3, -0.25) is 4.79 Å².